The van der Waals surface area contributed by atoms with Crippen LogP contribution in [-0.4, -0.2) is 30.8 Å². The quantitative estimate of drug-likeness (QED) is 0.596. The third kappa shape index (κ3) is 9.11. The molecule has 110 valence electrons. The van der Waals surface area contributed by atoms with Crippen molar-refractivity contribution in [2.24, 2.45) is 0 Å². The predicted molar refractivity (Wildman–Crippen MR) is 73.8 cm³/mol. The van der Waals surface area contributed by atoms with Gasteiger partial charge in [-0.2, -0.15) is 0 Å². The highest BCUT2D eigenvalue weighted by atomic mass is 16.6. The summed E-state index contributed by atoms with van der Waals surface area (Å²) in [5, 5.41) is 2.51. The van der Waals surface area contributed by atoms with Crippen molar-refractivity contribution in [3.05, 3.63) is 12.2 Å². The van der Waals surface area contributed by atoms with Gasteiger partial charge in [-0.05, 0) is 33.6 Å². The van der Waals surface area contributed by atoms with Gasteiger partial charge in [0.25, 0.3) is 0 Å². The highest BCUT2D eigenvalue weighted by molar-refractivity contribution is 5.81. The number of alkyl carbamates (subject to hydrolysis) is 1. The van der Waals surface area contributed by atoms with E-state index < -0.39 is 23.7 Å². The minimum atomic E-state index is -0.715. The number of esters is 1. The molecule has 1 atom stereocenters. The number of amides is 1. The van der Waals surface area contributed by atoms with E-state index in [1.165, 1.54) is 7.11 Å². The molecule has 0 radical (unpaired) electrons. The molecule has 5 nitrogen and oxygen atoms in total. The van der Waals surface area contributed by atoms with E-state index in [0.29, 0.717) is 6.42 Å². The van der Waals surface area contributed by atoms with Crippen LogP contribution < -0.4 is 5.32 Å². The summed E-state index contributed by atoms with van der Waals surface area (Å²) in [4.78, 5) is 23.2. The van der Waals surface area contributed by atoms with Gasteiger partial charge in [0.1, 0.15) is 11.6 Å². The Morgan fingerprint density at radius 2 is 1.89 bits per heavy atom. The zero-order valence-electron chi connectivity index (χ0n) is 12.5. The van der Waals surface area contributed by atoms with Crippen molar-refractivity contribution in [2.75, 3.05) is 7.11 Å². The standard InChI is InChI=1S/C14H25NO4/c1-6-7-8-9-10-11(12(16)18-5)15-13(17)19-14(2,3)4/h8-9,11H,6-7,10H2,1-5H3,(H,15,17)/t11-/m0/s1. The van der Waals surface area contributed by atoms with Gasteiger partial charge in [0, 0.05) is 0 Å². The van der Waals surface area contributed by atoms with E-state index in [1.807, 2.05) is 12.2 Å². The third-order valence-corrected chi connectivity index (χ3v) is 2.17. The van der Waals surface area contributed by atoms with E-state index in [-0.39, 0.29) is 0 Å². The predicted octanol–water partition coefficient (Wildman–Crippen LogP) is 2.80. The molecule has 0 fully saturated rings. The first-order valence-corrected chi connectivity index (χ1v) is 6.52. The zero-order chi connectivity index (χ0) is 14.9. The molecule has 0 unspecified atom stereocenters. The maximum Gasteiger partial charge on any atom is 0.408 e. The normalized spacial score (nSPS) is 13.1. The van der Waals surface area contributed by atoms with Gasteiger partial charge in [-0.25, -0.2) is 9.59 Å². The molecule has 1 amide bonds. The molecule has 19 heavy (non-hydrogen) atoms. The lowest BCUT2D eigenvalue weighted by atomic mass is 10.2. The summed E-state index contributed by atoms with van der Waals surface area (Å²) >= 11 is 0. The number of rotatable bonds is 6. The van der Waals surface area contributed by atoms with Crippen LogP contribution in [0.2, 0.25) is 0 Å². The van der Waals surface area contributed by atoms with Crippen molar-refractivity contribution in [1.82, 2.24) is 5.32 Å². The van der Waals surface area contributed by atoms with Crippen LogP contribution in [0.5, 0.6) is 0 Å². The molecule has 5 heteroatoms. The van der Waals surface area contributed by atoms with Gasteiger partial charge >= 0.3 is 12.1 Å². The number of hydrogen-bond acceptors (Lipinski definition) is 4. The summed E-state index contributed by atoms with van der Waals surface area (Å²) in [5.74, 6) is -0.480. The number of carbonyl (C=O) groups excluding carboxylic acids is 2. The highest BCUT2D eigenvalue weighted by Gasteiger charge is 2.23. The average molecular weight is 271 g/mol. The Kier molecular flexibility index (Phi) is 7.87. The Hall–Kier alpha value is -1.52. The molecule has 0 aromatic carbocycles. The number of hydrogen-bond donors (Lipinski definition) is 1. The van der Waals surface area contributed by atoms with Crippen LogP contribution in [0.25, 0.3) is 0 Å². The Morgan fingerprint density at radius 1 is 1.26 bits per heavy atom. The van der Waals surface area contributed by atoms with Crippen LogP contribution >= 0.6 is 0 Å². The fraction of sp³-hybridized carbons (Fsp3) is 0.714. The third-order valence-electron chi connectivity index (χ3n) is 2.17. The summed E-state index contributed by atoms with van der Waals surface area (Å²) in [7, 11) is 1.29. The number of ether oxygens (including phenoxy) is 2. The second-order valence-electron chi connectivity index (χ2n) is 5.22. The maximum absolute atomic E-state index is 11.6. The van der Waals surface area contributed by atoms with Crippen LogP contribution in [0.15, 0.2) is 12.2 Å². The fourth-order valence-corrected chi connectivity index (χ4v) is 1.32. The molecular weight excluding hydrogens is 246 g/mol. The molecule has 0 aromatic heterocycles. The molecular formula is C14H25NO4. The Bertz CT molecular complexity index is 318. The summed E-state index contributed by atoms with van der Waals surface area (Å²) in [6.07, 6.45) is 5.60. The van der Waals surface area contributed by atoms with Gasteiger partial charge in [0.2, 0.25) is 0 Å². The molecule has 0 rings (SSSR count). The zero-order valence-corrected chi connectivity index (χ0v) is 12.5. The van der Waals surface area contributed by atoms with E-state index in [0.717, 1.165) is 12.8 Å². The lowest BCUT2D eigenvalue weighted by Gasteiger charge is -2.22. The van der Waals surface area contributed by atoms with Crippen molar-refractivity contribution in [2.45, 2.75) is 58.6 Å². The van der Waals surface area contributed by atoms with Gasteiger partial charge < -0.3 is 14.8 Å². The minimum Gasteiger partial charge on any atom is -0.467 e. The Labute approximate surface area is 115 Å². The van der Waals surface area contributed by atoms with Crippen molar-refractivity contribution in [1.29, 1.82) is 0 Å². The fourth-order valence-electron chi connectivity index (χ4n) is 1.32. The monoisotopic (exact) mass is 271 g/mol. The first-order valence-electron chi connectivity index (χ1n) is 6.52. The summed E-state index contributed by atoms with van der Waals surface area (Å²) in [6, 6.07) is -0.715. The van der Waals surface area contributed by atoms with Gasteiger partial charge in [-0.3, -0.25) is 0 Å². The van der Waals surface area contributed by atoms with Gasteiger partial charge in [0.15, 0.2) is 0 Å². The Morgan fingerprint density at radius 3 is 2.37 bits per heavy atom. The van der Waals surface area contributed by atoms with Crippen LogP contribution in [0.3, 0.4) is 0 Å². The molecule has 0 saturated heterocycles. The van der Waals surface area contributed by atoms with Gasteiger partial charge in [-0.1, -0.05) is 25.5 Å². The van der Waals surface area contributed by atoms with Crippen LogP contribution in [0, 0.1) is 0 Å². The van der Waals surface area contributed by atoms with Crippen molar-refractivity contribution in [3.63, 3.8) is 0 Å². The second-order valence-corrected chi connectivity index (χ2v) is 5.22. The number of methoxy groups -OCH3 is 1. The summed E-state index contributed by atoms with van der Waals surface area (Å²) in [5.41, 5.74) is -0.594. The van der Waals surface area contributed by atoms with Gasteiger partial charge in [-0.15, -0.1) is 0 Å². The number of unbranched alkanes of at least 4 members (excludes halogenated alkanes) is 1. The molecule has 0 aliphatic carbocycles. The smallest absolute Gasteiger partial charge is 0.408 e. The molecule has 1 N–H and O–H groups in total. The van der Waals surface area contributed by atoms with E-state index in [1.54, 1.807) is 20.8 Å². The Balaban J connectivity index is 4.43. The van der Waals surface area contributed by atoms with Crippen molar-refractivity contribution in [3.8, 4) is 0 Å². The number of allylic oxidation sites excluding steroid dienone is 1. The van der Waals surface area contributed by atoms with E-state index in [9.17, 15) is 9.59 Å². The molecule has 0 spiro atoms. The van der Waals surface area contributed by atoms with Crippen molar-refractivity contribution < 1.29 is 19.1 Å². The molecule has 0 aromatic rings. The SMILES string of the molecule is CCCC=CC[C@H](NC(=O)OC(C)(C)C)C(=O)OC. The summed E-state index contributed by atoms with van der Waals surface area (Å²) < 4.78 is 9.77. The largest absolute Gasteiger partial charge is 0.467 e. The van der Waals surface area contributed by atoms with Crippen LogP contribution in [0.1, 0.15) is 47.0 Å². The van der Waals surface area contributed by atoms with E-state index >= 15 is 0 Å². The van der Waals surface area contributed by atoms with Crippen LogP contribution in [0.4, 0.5) is 4.79 Å². The number of carbonyl (C=O) groups is 2. The lowest BCUT2D eigenvalue weighted by molar-refractivity contribution is -0.143. The lowest BCUT2D eigenvalue weighted by Crippen LogP contribution is -2.43. The van der Waals surface area contributed by atoms with Crippen molar-refractivity contribution >= 4 is 12.1 Å². The van der Waals surface area contributed by atoms with E-state index in [2.05, 4.69) is 17.0 Å². The molecule has 0 heterocycles. The molecule has 0 bridgehead atoms. The first-order chi connectivity index (χ1) is 8.80. The molecule has 0 aliphatic heterocycles. The average Bonchev–Trinajstić information content (AvgIpc) is 2.29. The maximum atomic E-state index is 11.6. The van der Waals surface area contributed by atoms with Crippen LogP contribution in [-0.2, 0) is 14.3 Å². The summed E-state index contributed by atoms with van der Waals surface area (Å²) in [6.45, 7) is 7.36. The second kappa shape index (κ2) is 8.56. The topological polar surface area (TPSA) is 64.6 Å². The highest BCUT2D eigenvalue weighted by Crippen LogP contribution is 2.08. The number of nitrogens with one attached hydrogen (secondary N) is 1. The van der Waals surface area contributed by atoms with E-state index in [4.69, 9.17) is 4.74 Å². The van der Waals surface area contributed by atoms with Gasteiger partial charge in [0.05, 0.1) is 7.11 Å². The first kappa shape index (κ1) is 17.5. The molecule has 0 aliphatic rings. The molecule has 0 saturated carbocycles. The minimum absolute atomic E-state index is 0.395.